The van der Waals surface area contributed by atoms with E-state index in [0.29, 0.717) is 18.8 Å². The van der Waals surface area contributed by atoms with E-state index >= 15 is 0 Å². The predicted octanol–water partition coefficient (Wildman–Crippen LogP) is 1.50. The van der Waals surface area contributed by atoms with Gasteiger partial charge in [-0.3, -0.25) is 25.0 Å². The van der Waals surface area contributed by atoms with Crippen molar-refractivity contribution in [1.29, 1.82) is 0 Å². The summed E-state index contributed by atoms with van der Waals surface area (Å²) in [4.78, 5) is 44.5. The van der Waals surface area contributed by atoms with Crippen LogP contribution in [0.2, 0.25) is 0 Å². The predicted molar refractivity (Wildman–Crippen MR) is 89.1 cm³/mol. The van der Waals surface area contributed by atoms with Crippen LogP contribution >= 0.6 is 0 Å². The molecule has 2 rings (SSSR count). The van der Waals surface area contributed by atoms with Gasteiger partial charge < -0.3 is 14.8 Å². The highest BCUT2D eigenvalue weighted by atomic mass is 16.6. The molecule has 0 bridgehead atoms. The Morgan fingerprint density at radius 2 is 2.08 bits per heavy atom. The van der Waals surface area contributed by atoms with Crippen molar-refractivity contribution in [3.63, 3.8) is 0 Å². The Balaban J connectivity index is 2.09. The van der Waals surface area contributed by atoms with Crippen LogP contribution in [0, 0.1) is 10.1 Å². The van der Waals surface area contributed by atoms with E-state index in [4.69, 9.17) is 9.47 Å². The van der Waals surface area contributed by atoms with Crippen LogP contribution in [0.15, 0.2) is 23.9 Å². The summed E-state index contributed by atoms with van der Waals surface area (Å²) >= 11 is 0. The van der Waals surface area contributed by atoms with Crippen LogP contribution in [-0.4, -0.2) is 36.0 Å². The zero-order valence-electron chi connectivity index (χ0n) is 13.9. The van der Waals surface area contributed by atoms with Crippen LogP contribution in [0.25, 0.3) is 6.08 Å². The van der Waals surface area contributed by atoms with Gasteiger partial charge in [-0.05, 0) is 31.6 Å². The number of urea groups is 1. The number of benzene rings is 1. The summed E-state index contributed by atoms with van der Waals surface area (Å²) in [6, 6.07) is 3.34. The fourth-order valence-electron chi connectivity index (χ4n) is 2.18. The topological polar surface area (TPSA) is 137 Å². The number of ether oxygens (including phenoxy) is 2. The second-order valence-electron chi connectivity index (χ2n) is 5.20. The number of amides is 3. The van der Waals surface area contributed by atoms with Crippen molar-refractivity contribution in [2.45, 2.75) is 19.8 Å². The maximum Gasteiger partial charge on any atom is 0.326 e. The molecule has 1 aliphatic rings. The van der Waals surface area contributed by atoms with Gasteiger partial charge in [0.15, 0.2) is 0 Å². The minimum absolute atomic E-state index is 0.0995. The number of nitrogens with one attached hydrogen (secondary N) is 2. The lowest BCUT2D eigenvalue weighted by molar-refractivity contribution is -0.385. The molecular formula is C16H17N3O7. The van der Waals surface area contributed by atoms with Gasteiger partial charge in [0.1, 0.15) is 11.4 Å². The monoisotopic (exact) mass is 363 g/mol. The van der Waals surface area contributed by atoms with E-state index in [2.05, 4.69) is 5.32 Å². The molecule has 3 amide bonds. The van der Waals surface area contributed by atoms with Gasteiger partial charge in [-0.1, -0.05) is 0 Å². The second-order valence-corrected chi connectivity index (χ2v) is 5.20. The molecule has 0 spiro atoms. The standard InChI is InChI=1S/C16H17N3O7/c1-2-25-14(20)4-3-7-26-11-5-6-13(19(23)24)10(8-11)9-12-15(21)18-16(22)17-12/h5-6,8-9H,2-4,7H2,1H3,(H2,17,18,21,22). The zero-order chi connectivity index (χ0) is 19.1. The molecule has 26 heavy (non-hydrogen) atoms. The first-order chi connectivity index (χ1) is 12.4. The minimum atomic E-state index is -0.699. The Bertz CT molecular complexity index is 773. The molecule has 0 aliphatic carbocycles. The van der Waals surface area contributed by atoms with Gasteiger partial charge in [0.2, 0.25) is 0 Å². The van der Waals surface area contributed by atoms with Crippen LogP contribution in [-0.2, 0) is 14.3 Å². The van der Waals surface area contributed by atoms with Crippen LogP contribution in [0.1, 0.15) is 25.3 Å². The molecule has 10 nitrogen and oxygen atoms in total. The molecule has 138 valence electrons. The van der Waals surface area contributed by atoms with Crippen molar-refractivity contribution in [1.82, 2.24) is 10.6 Å². The first-order valence-corrected chi connectivity index (χ1v) is 7.81. The summed E-state index contributed by atoms with van der Waals surface area (Å²) in [5.74, 6) is -0.672. The van der Waals surface area contributed by atoms with Crippen molar-refractivity contribution < 1.29 is 28.8 Å². The van der Waals surface area contributed by atoms with Gasteiger partial charge in [0.05, 0.1) is 23.7 Å². The van der Waals surface area contributed by atoms with Crippen LogP contribution in [0.3, 0.4) is 0 Å². The van der Waals surface area contributed by atoms with Gasteiger partial charge in [-0.25, -0.2) is 4.79 Å². The van der Waals surface area contributed by atoms with Crippen LogP contribution in [0.4, 0.5) is 10.5 Å². The molecule has 0 saturated carbocycles. The number of nitro benzene ring substituents is 1. The average Bonchev–Trinajstić information content (AvgIpc) is 2.89. The molecule has 10 heteroatoms. The SMILES string of the molecule is CCOC(=O)CCCOc1ccc([N+](=O)[O-])c(C=C2NC(=O)NC2=O)c1. The third-order valence-corrected chi connectivity index (χ3v) is 3.31. The number of nitro groups is 1. The molecular weight excluding hydrogens is 346 g/mol. The minimum Gasteiger partial charge on any atom is -0.494 e. The van der Waals surface area contributed by atoms with E-state index in [1.165, 1.54) is 24.3 Å². The molecule has 0 radical (unpaired) electrons. The number of carbonyl (C=O) groups excluding carboxylic acids is 3. The molecule has 1 heterocycles. The molecule has 1 aromatic carbocycles. The molecule has 0 aromatic heterocycles. The quantitative estimate of drug-likeness (QED) is 0.178. The summed E-state index contributed by atoms with van der Waals surface area (Å²) in [5.41, 5.74) is -0.242. The first-order valence-electron chi connectivity index (χ1n) is 7.81. The Morgan fingerprint density at radius 1 is 1.31 bits per heavy atom. The number of carbonyl (C=O) groups is 3. The lowest BCUT2D eigenvalue weighted by atomic mass is 10.1. The highest BCUT2D eigenvalue weighted by molar-refractivity contribution is 6.14. The molecule has 2 N–H and O–H groups in total. The van der Waals surface area contributed by atoms with E-state index in [1.807, 2.05) is 5.32 Å². The smallest absolute Gasteiger partial charge is 0.326 e. The second kappa shape index (κ2) is 8.60. The van der Waals surface area contributed by atoms with E-state index in [9.17, 15) is 24.5 Å². The Hall–Kier alpha value is -3.43. The zero-order valence-corrected chi connectivity index (χ0v) is 13.9. The molecule has 1 aliphatic heterocycles. The van der Waals surface area contributed by atoms with Gasteiger partial charge in [0.25, 0.3) is 11.6 Å². The van der Waals surface area contributed by atoms with E-state index in [-0.39, 0.29) is 35.9 Å². The van der Waals surface area contributed by atoms with E-state index in [1.54, 1.807) is 6.92 Å². The summed E-state index contributed by atoms with van der Waals surface area (Å²) in [6.45, 7) is 2.24. The Labute approximate surface area is 148 Å². The summed E-state index contributed by atoms with van der Waals surface area (Å²) in [6.07, 6.45) is 1.82. The maximum atomic E-state index is 11.6. The molecule has 1 fully saturated rings. The highest BCUT2D eigenvalue weighted by Gasteiger charge is 2.24. The van der Waals surface area contributed by atoms with Crippen molar-refractivity contribution in [3.05, 3.63) is 39.6 Å². The van der Waals surface area contributed by atoms with Crippen molar-refractivity contribution in [2.75, 3.05) is 13.2 Å². The molecule has 1 saturated heterocycles. The third-order valence-electron chi connectivity index (χ3n) is 3.31. The number of rotatable bonds is 8. The lowest BCUT2D eigenvalue weighted by Crippen LogP contribution is -2.22. The van der Waals surface area contributed by atoms with Gasteiger partial charge in [-0.2, -0.15) is 0 Å². The summed E-state index contributed by atoms with van der Waals surface area (Å²) in [7, 11) is 0. The first kappa shape index (κ1) is 18.9. The summed E-state index contributed by atoms with van der Waals surface area (Å²) < 4.78 is 10.3. The molecule has 0 atom stereocenters. The fraction of sp³-hybridized carbons (Fsp3) is 0.312. The summed E-state index contributed by atoms with van der Waals surface area (Å²) in [5, 5.41) is 15.4. The van der Waals surface area contributed by atoms with Crippen molar-refractivity contribution in [3.8, 4) is 5.75 Å². The number of hydrogen-bond donors (Lipinski definition) is 2. The molecule has 0 unspecified atom stereocenters. The van der Waals surface area contributed by atoms with Gasteiger partial charge in [0, 0.05) is 12.5 Å². The van der Waals surface area contributed by atoms with Gasteiger partial charge >= 0.3 is 12.0 Å². The van der Waals surface area contributed by atoms with E-state index in [0.717, 1.165) is 0 Å². The Morgan fingerprint density at radius 3 is 2.69 bits per heavy atom. The lowest BCUT2D eigenvalue weighted by Gasteiger charge is -2.07. The van der Waals surface area contributed by atoms with Gasteiger partial charge in [-0.15, -0.1) is 0 Å². The largest absolute Gasteiger partial charge is 0.494 e. The maximum absolute atomic E-state index is 11.6. The number of hydrogen-bond acceptors (Lipinski definition) is 7. The average molecular weight is 363 g/mol. The van der Waals surface area contributed by atoms with Crippen molar-refractivity contribution in [2.24, 2.45) is 0 Å². The molecule has 1 aromatic rings. The van der Waals surface area contributed by atoms with Crippen molar-refractivity contribution >= 4 is 29.7 Å². The van der Waals surface area contributed by atoms with Crippen LogP contribution < -0.4 is 15.4 Å². The third kappa shape index (κ3) is 5.03. The van der Waals surface area contributed by atoms with E-state index < -0.39 is 16.9 Å². The number of nitrogens with zero attached hydrogens (tertiary/aromatic N) is 1. The highest BCUT2D eigenvalue weighted by Crippen LogP contribution is 2.26. The fourth-order valence-corrected chi connectivity index (χ4v) is 2.18. The normalized spacial score (nSPS) is 14.7. The number of esters is 1. The number of imide groups is 1. The van der Waals surface area contributed by atoms with Crippen LogP contribution in [0.5, 0.6) is 5.75 Å². The Kier molecular flexibility index (Phi) is 6.25.